The van der Waals surface area contributed by atoms with Crippen molar-refractivity contribution in [3.63, 3.8) is 0 Å². The van der Waals surface area contributed by atoms with Crippen LogP contribution in [0.2, 0.25) is 0 Å². The summed E-state index contributed by atoms with van der Waals surface area (Å²) in [6.45, 7) is 0.921. The predicted octanol–water partition coefficient (Wildman–Crippen LogP) is 0.882. The zero-order chi connectivity index (χ0) is 14.9. The molecule has 21 heavy (non-hydrogen) atoms. The van der Waals surface area contributed by atoms with Crippen LogP contribution in [0.4, 0.5) is 0 Å². The van der Waals surface area contributed by atoms with Gasteiger partial charge in [-0.3, -0.25) is 14.8 Å². The first-order chi connectivity index (χ1) is 10.3. The quantitative estimate of drug-likeness (QED) is 0.449. The van der Waals surface area contributed by atoms with Crippen LogP contribution < -0.4 is 11.2 Å². The minimum atomic E-state index is -0.0594. The Bertz CT molecular complexity index is 626. The van der Waals surface area contributed by atoms with Gasteiger partial charge in [0.1, 0.15) is 0 Å². The number of nitrogens with one attached hydrogen (secondary N) is 1. The van der Waals surface area contributed by atoms with Gasteiger partial charge < -0.3 is 5.73 Å². The summed E-state index contributed by atoms with van der Waals surface area (Å²) in [4.78, 5) is 20.0. The smallest absolute Gasteiger partial charge is 0.240 e. The van der Waals surface area contributed by atoms with Crippen molar-refractivity contribution in [1.82, 2.24) is 15.4 Å². The lowest BCUT2D eigenvalue weighted by molar-refractivity contribution is -0.368. The summed E-state index contributed by atoms with van der Waals surface area (Å²) in [5.74, 6) is -0.0594. The van der Waals surface area contributed by atoms with Crippen LogP contribution in [0.15, 0.2) is 35.7 Å². The van der Waals surface area contributed by atoms with Gasteiger partial charge in [0.05, 0.1) is 23.8 Å². The highest BCUT2D eigenvalue weighted by atomic mass is 16.2. The Labute approximate surface area is 123 Å². The summed E-state index contributed by atoms with van der Waals surface area (Å²) >= 11 is 0. The zero-order valence-corrected chi connectivity index (χ0v) is 12.0. The van der Waals surface area contributed by atoms with Crippen molar-refractivity contribution in [2.75, 3.05) is 6.54 Å². The lowest BCUT2D eigenvalue weighted by Crippen LogP contribution is -2.50. The van der Waals surface area contributed by atoms with Crippen LogP contribution in [0, 0.1) is 0 Å². The van der Waals surface area contributed by atoms with E-state index in [2.05, 4.69) is 26.2 Å². The normalized spacial score (nSPS) is 11.1. The molecular formula is C15H20N5O+. The van der Waals surface area contributed by atoms with Crippen molar-refractivity contribution < 1.29 is 10.5 Å². The van der Waals surface area contributed by atoms with E-state index in [1.165, 1.54) is 0 Å². The van der Waals surface area contributed by atoms with E-state index < -0.39 is 0 Å². The van der Waals surface area contributed by atoms with Crippen molar-refractivity contribution >= 4 is 23.2 Å². The predicted molar refractivity (Wildman–Crippen MR) is 81.5 cm³/mol. The molecule has 6 heteroatoms. The third-order valence-electron chi connectivity index (χ3n) is 3.05. The molecule has 110 valence electrons. The Morgan fingerprint density at radius 2 is 2.00 bits per heavy atom. The van der Waals surface area contributed by atoms with E-state index in [1.807, 2.05) is 18.2 Å². The zero-order valence-electron chi connectivity index (χ0n) is 12.0. The van der Waals surface area contributed by atoms with Crippen LogP contribution in [0.1, 0.15) is 31.2 Å². The highest BCUT2D eigenvalue weighted by Gasteiger charge is 1.99. The van der Waals surface area contributed by atoms with Gasteiger partial charge in [-0.2, -0.15) is 5.10 Å². The summed E-state index contributed by atoms with van der Waals surface area (Å²) in [6.07, 6.45) is 8.39. The third kappa shape index (κ3) is 4.92. The molecule has 6 nitrogen and oxygen atoms in total. The number of nitrogens with zero attached hydrogens (tertiary/aromatic N) is 3. The fourth-order valence-electron chi connectivity index (χ4n) is 1.93. The van der Waals surface area contributed by atoms with Gasteiger partial charge in [-0.05, 0) is 37.0 Å². The molecule has 4 N–H and O–H groups in total. The molecule has 0 aliphatic heterocycles. The molecule has 1 aromatic carbocycles. The first kappa shape index (κ1) is 15.1. The lowest BCUT2D eigenvalue weighted by Gasteiger charge is -2.00. The molecule has 2 rings (SSSR count). The number of rotatable bonds is 7. The Hall–Kier alpha value is -2.34. The molecule has 0 atom stereocenters. The van der Waals surface area contributed by atoms with Crippen LogP contribution in [0.5, 0.6) is 0 Å². The van der Waals surface area contributed by atoms with Crippen molar-refractivity contribution in [2.24, 2.45) is 5.10 Å². The largest absolute Gasteiger partial charge is 0.358 e. The number of carbonyl (C=O) groups is 1. The third-order valence-corrected chi connectivity index (χ3v) is 3.05. The van der Waals surface area contributed by atoms with E-state index in [9.17, 15) is 4.79 Å². The molecule has 0 bridgehead atoms. The number of amides is 1. The van der Waals surface area contributed by atoms with E-state index in [-0.39, 0.29) is 5.91 Å². The fourth-order valence-corrected chi connectivity index (χ4v) is 1.93. The maximum absolute atomic E-state index is 11.5. The summed E-state index contributed by atoms with van der Waals surface area (Å²) < 4.78 is 0. The van der Waals surface area contributed by atoms with Gasteiger partial charge in [0.15, 0.2) is 0 Å². The molecule has 0 spiro atoms. The van der Waals surface area contributed by atoms with Crippen molar-refractivity contribution in [1.29, 1.82) is 0 Å². The highest BCUT2D eigenvalue weighted by Crippen LogP contribution is 2.09. The fraction of sp³-hybridized carbons (Fsp3) is 0.333. The molecule has 0 fully saturated rings. The molecule has 2 aromatic rings. The standard InChI is InChI=1S/C15H19N5O/c16-7-3-1-2-4-15(21)20-19-11-12-5-6-13-14(10-12)18-9-8-17-13/h5-6,8-11H,1-4,7,16H2,(H,20,21)/p+1/b19-11-. The van der Waals surface area contributed by atoms with Crippen LogP contribution in [-0.4, -0.2) is 28.6 Å². The van der Waals surface area contributed by atoms with E-state index in [0.29, 0.717) is 6.42 Å². The Morgan fingerprint density at radius 3 is 2.81 bits per heavy atom. The van der Waals surface area contributed by atoms with E-state index in [0.717, 1.165) is 42.4 Å². The van der Waals surface area contributed by atoms with Crippen LogP contribution in [0.25, 0.3) is 11.0 Å². The second kappa shape index (κ2) is 8.06. The van der Waals surface area contributed by atoms with Gasteiger partial charge in [-0.1, -0.05) is 6.07 Å². The average molecular weight is 286 g/mol. The number of unbranched alkanes of at least 4 members (excludes halogenated alkanes) is 2. The number of carbonyl (C=O) groups excluding carboxylic acids is 1. The van der Waals surface area contributed by atoms with Crippen molar-refractivity contribution in [2.45, 2.75) is 25.7 Å². The molecule has 1 aromatic heterocycles. The van der Waals surface area contributed by atoms with Crippen LogP contribution >= 0.6 is 0 Å². The lowest BCUT2D eigenvalue weighted by atomic mass is 10.2. The Kier molecular flexibility index (Phi) is 5.78. The van der Waals surface area contributed by atoms with Crippen molar-refractivity contribution in [3.8, 4) is 0 Å². The minimum absolute atomic E-state index is 0.0594. The minimum Gasteiger partial charge on any atom is -0.358 e. The average Bonchev–Trinajstić information content (AvgIpc) is 2.51. The van der Waals surface area contributed by atoms with E-state index >= 15 is 0 Å². The second-order valence-corrected chi connectivity index (χ2v) is 4.76. The molecule has 1 amide bonds. The summed E-state index contributed by atoms with van der Waals surface area (Å²) in [6, 6.07) is 5.65. The molecule has 0 aliphatic carbocycles. The number of hydrogen-bond acceptors (Lipinski definition) is 4. The molecule has 0 unspecified atom stereocenters. The maximum Gasteiger partial charge on any atom is 0.240 e. The van der Waals surface area contributed by atoms with Crippen LogP contribution in [-0.2, 0) is 4.79 Å². The highest BCUT2D eigenvalue weighted by molar-refractivity contribution is 5.87. The molecule has 0 saturated heterocycles. The van der Waals surface area contributed by atoms with Crippen molar-refractivity contribution in [3.05, 3.63) is 36.2 Å². The number of hydrazone groups is 1. The molecule has 0 radical (unpaired) electrons. The van der Waals surface area contributed by atoms with Gasteiger partial charge in [0, 0.05) is 18.8 Å². The molecule has 0 aliphatic rings. The Balaban J connectivity index is 1.83. The monoisotopic (exact) mass is 286 g/mol. The molecule has 0 saturated carbocycles. The van der Waals surface area contributed by atoms with E-state index in [4.69, 9.17) is 0 Å². The van der Waals surface area contributed by atoms with E-state index in [1.54, 1.807) is 18.6 Å². The van der Waals surface area contributed by atoms with Gasteiger partial charge in [0.25, 0.3) is 0 Å². The summed E-state index contributed by atoms with van der Waals surface area (Å²) in [5.41, 5.74) is 8.83. The second-order valence-electron chi connectivity index (χ2n) is 4.76. The first-order valence-electron chi connectivity index (χ1n) is 7.11. The van der Waals surface area contributed by atoms with Crippen LogP contribution in [0.3, 0.4) is 0 Å². The number of aromatic nitrogens is 2. The Morgan fingerprint density at radius 1 is 1.19 bits per heavy atom. The van der Waals surface area contributed by atoms with Gasteiger partial charge in [0.2, 0.25) is 5.91 Å². The number of hydrogen-bond donors (Lipinski definition) is 2. The molecule has 1 heterocycles. The SMILES string of the molecule is [NH3+]CCCCCC(=O)N/N=C\c1ccc2nccnc2c1. The molecular weight excluding hydrogens is 266 g/mol. The number of fused-ring (bicyclic) bond motifs is 1. The maximum atomic E-state index is 11.5. The summed E-state index contributed by atoms with van der Waals surface area (Å²) in [5, 5.41) is 3.96. The van der Waals surface area contributed by atoms with Gasteiger partial charge in [-0.25, -0.2) is 5.43 Å². The number of benzene rings is 1. The summed E-state index contributed by atoms with van der Waals surface area (Å²) in [7, 11) is 0. The van der Waals surface area contributed by atoms with Gasteiger partial charge in [-0.15, -0.1) is 0 Å². The van der Waals surface area contributed by atoms with Gasteiger partial charge >= 0.3 is 0 Å². The number of quaternary nitrogens is 1. The topological polar surface area (TPSA) is 94.9 Å². The first-order valence-corrected chi connectivity index (χ1v) is 7.11.